The average molecular weight is 217 g/mol. The number of nitrogens with zero attached hydrogens (tertiary/aromatic N) is 2. The van der Waals surface area contributed by atoms with Gasteiger partial charge < -0.3 is 5.32 Å². The molecular weight excluding hydrogens is 198 g/mol. The number of nitrogens with one attached hydrogen (secondary N) is 1. The van der Waals surface area contributed by atoms with Crippen molar-refractivity contribution in [2.24, 2.45) is 5.92 Å². The van der Waals surface area contributed by atoms with Crippen LogP contribution in [0.5, 0.6) is 0 Å². The fraction of sp³-hybridized carbons (Fsp3) is 0.692. The first-order valence-electron chi connectivity index (χ1n) is 6.36. The van der Waals surface area contributed by atoms with E-state index in [0.29, 0.717) is 5.92 Å². The Morgan fingerprint density at radius 2 is 2.25 bits per heavy atom. The quantitative estimate of drug-likeness (QED) is 0.837. The lowest BCUT2D eigenvalue weighted by Gasteiger charge is -2.23. The van der Waals surface area contributed by atoms with Crippen molar-refractivity contribution >= 4 is 0 Å². The van der Waals surface area contributed by atoms with Gasteiger partial charge in [-0.25, -0.2) is 9.97 Å². The first kappa shape index (κ1) is 10.2. The zero-order chi connectivity index (χ0) is 11.0. The van der Waals surface area contributed by atoms with Crippen molar-refractivity contribution in [2.75, 3.05) is 13.6 Å². The molecule has 2 aliphatic rings. The van der Waals surface area contributed by atoms with Crippen molar-refractivity contribution in [3.63, 3.8) is 0 Å². The van der Waals surface area contributed by atoms with E-state index in [4.69, 9.17) is 4.98 Å². The molecule has 1 atom stereocenters. The zero-order valence-electron chi connectivity index (χ0n) is 9.87. The highest BCUT2D eigenvalue weighted by molar-refractivity contribution is 5.23. The van der Waals surface area contributed by atoms with Crippen molar-refractivity contribution in [3.8, 4) is 0 Å². The van der Waals surface area contributed by atoms with E-state index in [2.05, 4.69) is 16.5 Å². The van der Waals surface area contributed by atoms with Gasteiger partial charge in [-0.3, -0.25) is 0 Å². The number of hydrogen-bond donors (Lipinski definition) is 1. The molecule has 0 bridgehead atoms. The van der Waals surface area contributed by atoms with Crippen molar-refractivity contribution in [3.05, 3.63) is 23.3 Å². The Kier molecular flexibility index (Phi) is 2.64. The number of rotatable bonds is 3. The Morgan fingerprint density at radius 3 is 3.00 bits per heavy atom. The van der Waals surface area contributed by atoms with Gasteiger partial charge >= 0.3 is 0 Å². The summed E-state index contributed by atoms with van der Waals surface area (Å²) in [5.74, 6) is 2.55. The first-order valence-corrected chi connectivity index (χ1v) is 6.36. The Labute approximate surface area is 96.7 Å². The molecule has 0 radical (unpaired) electrons. The number of fused-ring (bicyclic) bond motifs is 1. The smallest absolute Gasteiger partial charge is 0.131 e. The van der Waals surface area contributed by atoms with E-state index < -0.39 is 0 Å². The molecule has 0 aliphatic heterocycles. The fourth-order valence-electron chi connectivity index (χ4n) is 2.60. The van der Waals surface area contributed by atoms with Gasteiger partial charge in [0.1, 0.15) is 5.82 Å². The molecule has 1 unspecified atom stereocenters. The highest BCUT2D eigenvalue weighted by atomic mass is 14.9. The highest BCUT2D eigenvalue weighted by Crippen LogP contribution is 2.38. The van der Waals surface area contributed by atoms with Gasteiger partial charge in [0.2, 0.25) is 0 Å². The minimum atomic E-state index is 0.681. The molecule has 1 N–H and O–H groups in total. The van der Waals surface area contributed by atoms with Gasteiger partial charge in [-0.15, -0.1) is 0 Å². The molecule has 3 rings (SSSR count). The van der Waals surface area contributed by atoms with E-state index in [1.165, 1.54) is 30.5 Å². The molecule has 16 heavy (non-hydrogen) atoms. The molecule has 0 spiro atoms. The summed E-state index contributed by atoms with van der Waals surface area (Å²) in [6, 6.07) is 0. The summed E-state index contributed by atoms with van der Waals surface area (Å²) >= 11 is 0. The molecule has 2 aliphatic carbocycles. The molecule has 0 amide bonds. The lowest BCUT2D eigenvalue weighted by Crippen LogP contribution is -2.25. The summed E-state index contributed by atoms with van der Waals surface area (Å²) in [5.41, 5.74) is 2.71. The maximum Gasteiger partial charge on any atom is 0.131 e. The van der Waals surface area contributed by atoms with Gasteiger partial charge in [-0.1, -0.05) is 0 Å². The third-order valence-corrected chi connectivity index (χ3v) is 3.71. The van der Waals surface area contributed by atoms with Crippen LogP contribution in [0, 0.1) is 5.92 Å². The van der Waals surface area contributed by atoms with Gasteiger partial charge in [-0.2, -0.15) is 0 Å². The van der Waals surface area contributed by atoms with Crippen molar-refractivity contribution in [1.29, 1.82) is 0 Å². The van der Waals surface area contributed by atoms with Crippen LogP contribution in [0.4, 0.5) is 0 Å². The molecule has 1 heterocycles. The minimum Gasteiger partial charge on any atom is -0.319 e. The molecule has 1 aromatic rings. The monoisotopic (exact) mass is 217 g/mol. The Morgan fingerprint density at radius 1 is 1.38 bits per heavy atom. The predicted molar refractivity (Wildman–Crippen MR) is 63.4 cm³/mol. The summed E-state index contributed by atoms with van der Waals surface area (Å²) in [6.45, 7) is 1.11. The lowest BCUT2D eigenvalue weighted by atomic mass is 9.87. The molecule has 0 aromatic carbocycles. The van der Waals surface area contributed by atoms with E-state index in [1.807, 2.05) is 7.05 Å². The van der Waals surface area contributed by atoms with E-state index in [9.17, 15) is 0 Å². The van der Waals surface area contributed by atoms with E-state index in [0.717, 1.165) is 31.1 Å². The summed E-state index contributed by atoms with van der Waals surface area (Å²) in [7, 11) is 2.03. The standard InChI is InChI=1S/C13H19N3/c1-14-7-9-2-5-12-11(6-9)8-15-13(16-12)10-3-4-10/h8-10,14H,2-7H2,1H3. The number of hydrogen-bond acceptors (Lipinski definition) is 3. The van der Waals surface area contributed by atoms with Crippen LogP contribution < -0.4 is 5.32 Å². The zero-order valence-corrected chi connectivity index (χ0v) is 9.87. The van der Waals surface area contributed by atoms with Crippen molar-refractivity contribution in [2.45, 2.75) is 38.0 Å². The van der Waals surface area contributed by atoms with Crippen LogP contribution in [-0.4, -0.2) is 23.6 Å². The van der Waals surface area contributed by atoms with Crippen LogP contribution in [0.25, 0.3) is 0 Å². The molecule has 3 heteroatoms. The second kappa shape index (κ2) is 4.13. The molecular formula is C13H19N3. The lowest BCUT2D eigenvalue weighted by molar-refractivity contribution is 0.433. The Balaban J connectivity index is 1.78. The third-order valence-electron chi connectivity index (χ3n) is 3.71. The molecule has 3 nitrogen and oxygen atoms in total. The maximum absolute atomic E-state index is 4.74. The second-order valence-electron chi connectivity index (χ2n) is 5.14. The van der Waals surface area contributed by atoms with Crippen LogP contribution >= 0.6 is 0 Å². The van der Waals surface area contributed by atoms with Crippen LogP contribution in [0.1, 0.15) is 42.3 Å². The summed E-state index contributed by atoms with van der Waals surface area (Å²) in [4.78, 5) is 9.26. The van der Waals surface area contributed by atoms with Gasteiger partial charge in [0.15, 0.2) is 0 Å². The summed E-state index contributed by atoms with van der Waals surface area (Å²) < 4.78 is 0. The minimum absolute atomic E-state index is 0.681. The van der Waals surface area contributed by atoms with E-state index >= 15 is 0 Å². The van der Waals surface area contributed by atoms with Crippen LogP contribution in [-0.2, 0) is 12.8 Å². The van der Waals surface area contributed by atoms with Gasteiger partial charge in [0.25, 0.3) is 0 Å². The summed E-state index contributed by atoms with van der Waals surface area (Å²) in [5, 5.41) is 3.27. The molecule has 0 saturated heterocycles. The van der Waals surface area contributed by atoms with Crippen LogP contribution in [0.3, 0.4) is 0 Å². The normalized spacial score (nSPS) is 24.2. The largest absolute Gasteiger partial charge is 0.319 e. The predicted octanol–water partition coefficient (Wildman–Crippen LogP) is 1.68. The third kappa shape index (κ3) is 1.96. The van der Waals surface area contributed by atoms with Crippen LogP contribution in [0.2, 0.25) is 0 Å². The van der Waals surface area contributed by atoms with Crippen molar-refractivity contribution in [1.82, 2.24) is 15.3 Å². The summed E-state index contributed by atoms with van der Waals surface area (Å²) in [6.07, 6.45) is 8.24. The highest BCUT2D eigenvalue weighted by Gasteiger charge is 2.28. The molecule has 86 valence electrons. The molecule has 1 fully saturated rings. The van der Waals surface area contributed by atoms with E-state index in [-0.39, 0.29) is 0 Å². The topological polar surface area (TPSA) is 37.8 Å². The fourth-order valence-corrected chi connectivity index (χ4v) is 2.60. The number of aromatic nitrogens is 2. The first-order chi connectivity index (χ1) is 7.86. The Bertz CT molecular complexity index is 385. The van der Waals surface area contributed by atoms with Crippen molar-refractivity contribution < 1.29 is 0 Å². The van der Waals surface area contributed by atoms with E-state index in [1.54, 1.807) is 0 Å². The molecule has 1 aromatic heterocycles. The van der Waals surface area contributed by atoms with Gasteiger partial charge in [0.05, 0.1) is 0 Å². The average Bonchev–Trinajstić information content (AvgIpc) is 3.13. The molecule has 1 saturated carbocycles. The Hall–Kier alpha value is -0.960. The SMILES string of the molecule is CNCC1CCc2nc(C3CC3)ncc2C1. The number of aryl methyl sites for hydroxylation is 1. The second-order valence-corrected chi connectivity index (χ2v) is 5.14. The van der Waals surface area contributed by atoms with Crippen LogP contribution in [0.15, 0.2) is 6.20 Å². The maximum atomic E-state index is 4.74. The van der Waals surface area contributed by atoms with Gasteiger partial charge in [-0.05, 0) is 57.2 Å². The van der Waals surface area contributed by atoms with Gasteiger partial charge in [0, 0.05) is 17.8 Å².